The molecule has 1 aliphatic rings. The molecule has 0 aliphatic heterocycles. The number of carbonyl (C=O) groups excluding carboxylic acids is 1. The van der Waals surface area contributed by atoms with Crippen molar-refractivity contribution in [1.29, 1.82) is 0 Å². The molecule has 1 rings (SSSR count). The van der Waals surface area contributed by atoms with Crippen LogP contribution in [0.2, 0.25) is 0 Å². The maximum Gasteiger partial charge on any atom is 0.325 e. The van der Waals surface area contributed by atoms with Crippen molar-refractivity contribution in [2.45, 2.75) is 38.1 Å². The summed E-state index contributed by atoms with van der Waals surface area (Å²) in [5, 5.41) is 0. The molecule has 2 atom stereocenters. The summed E-state index contributed by atoms with van der Waals surface area (Å²) in [7, 11) is 1.40. The fourth-order valence-electron chi connectivity index (χ4n) is 1.98. The van der Waals surface area contributed by atoms with Crippen LogP contribution in [0.25, 0.3) is 0 Å². The van der Waals surface area contributed by atoms with Crippen LogP contribution in [-0.4, -0.2) is 18.6 Å². The smallest absolute Gasteiger partial charge is 0.325 e. The van der Waals surface area contributed by atoms with E-state index in [-0.39, 0.29) is 18.4 Å². The predicted molar refractivity (Wildman–Crippen MR) is 53.8 cm³/mol. The van der Waals surface area contributed by atoms with Crippen molar-refractivity contribution in [2.75, 3.05) is 7.11 Å². The number of hydrogen-bond acceptors (Lipinski definition) is 3. The fraction of sp³-hybridized carbons (Fsp3) is 0.889. The van der Waals surface area contributed by atoms with Crippen LogP contribution in [0.4, 0.5) is 0 Å². The van der Waals surface area contributed by atoms with Crippen molar-refractivity contribution in [3.8, 4) is 0 Å². The molecule has 0 aromatic rings. The minimum Gasteiger partial charge on any atom is -0.468 e. The second kappa shape index (κ2) is 4.82. The molecule has 0 amide bonds. The number of nitrogens with two attached hydrogens (primary N) is 1. The topological polar surface area (TPSA) is 52.3 Å². The molecule has 0 bridgehead atoms. The second-order valence-electron chi connectivity index (χ2n) is 3.85. The van der Waals surface area contributed by atoms with E-state index in [4.69, 9.17) is 5.73 Å². The van der Waals surface area contributed by atoms with E-state index in [9.17, 15) is 4.79 Å². The Morgan fingerprint density at radius 1 is 1.62 bits per heavy atom. The minimum atomic E-state index is -0.702. The van der Waals surface area contributed by atoms with Gasteiger partial charge < -0.3 is 10.5 Å². The molecule has 1 aliphatic carbocycles. The Morgan fingerprint density at radius 2 is 2.23 bits per heavy atom. The Hall–Kier alpha value is -0.280. The molecule has 78 valence electrons. The summed E-state index contributed by atoms with van der Waals surface area (Å²) in [5.74, 6) is 0.289. The van der Waals surface area contributed by atoms with Crippen LogP contribution < -0.4 is 5.73 Å². The van der Waals surface area contributed by atoms with E-state index in [1.807, 2.05) is 0 Å². The van der Waals surface area contributed by atoms with Gasteiger partial charge in [-0.2, -0.15) is 0 Å². The quantitative estimate of drug-likeness (QED) is 0.663. The van der Waals surface area contributed by atoms with E-state index in [0.29, 0.717) is 5.92 Å². The van der Waals surface area contributed by atoms with Crippen molar-refractivity contribution in [2.24, 2.45) is 11.7 Å². The summed E-state index contributed by atoms with van der Waals surface area (Å²) in [6.45, 7) is 2.13. The lowest BCUT2D eigenvalue weighted by Crippen LogP contribution is -2.51. The van der Waals surface area contributed by atoms with E-state index < -0.39 is 5.54 Å². The van der Waals surface area contributed by atoms with Crippen molar-refractivity contribution < 1.29 is 9.53 Å². The Kier molecular flexibility index (Phi) is 4.71. The fourth-order valence-corrected chi connectivity index (χ4v) is 1.98. The highest BCUT2D eigenvalue weighted by Crippen LogP contribution is 2.30. The summed E-state index contributed by atoms with van der Waals surface area (Å²) in [6, 6.07) is 0. The maximum absolute atomic E-state index is 11.3. The number of rotatable bonds is 1. The molecular formula is C9H18ClNO2. The van der Waals surface area contributed by atoms with Gasteiger partial charge in [-0.05, 0) is 18.8 Å². The first kappa shape index (κ1) is 12.7. The number of methoxy groups -OCH3 is 1. The summed E-state index contributed by atoms with van der Waals surface area (Å²) in [4.78, 5) is 11.3. The Labute approximate surface area is 85.4 Å². The number of carbonyl (C=O) groups is 1. The average Bonchev–Trinajstić information content (AvgIpc) is 2.02. The van der Waals surface area contributed by atoms with Gasteiger partial charge in [0.15, 0.2) is 0 Å². The Balaban J connectivity index is 0.00000144. The van der Waals surface area contributed by atoms with Gasteiger partial charge in [-0.25, -0.2) is 0 Å². The van der Waals surface area contributed by atoms with E-state index in [1.54, 1.807) is 0 Å². The first-order valence-corrected chi connectivity index (χ1v) is 4.46. The van der Waals surface area contributed by atoms with Gasteiger partial charge in [0, 0.05) is 0 Å². The van der Waals surface area contributed by atoms with Crippen LogP contribution in [0.1, 0.15) is 32.6 Å². The van der Waals surface area contributed by atoms with Crippen LogP contribution in [-0.2, 0) is 9.53 Å². The highest BCUT2D eigenvalue weighted by molar-refractivity contribution is 5.85. The van der Waals surface area contributed by atoms with E-state index in [1.165, 1.54) is 13.5 Å². The molecule has 0 heterocycles. The average molecular weight is 208 g/mol. The van der Waals surface area contributed by atoms with Gasteiger partial charge in [0.1, 0.15) is 5.54 Å². The zero-order valence-corrected chi connectivity index (χ0v) is 9.02. The molecule has 0 aromatic heterocycles. The molecule has 0 spiro atoms. The lowest BCUT2D eigenvalue weighted by atomic mass is 9.77. The van der Waals surface area contributed by atoms with E-state index >= 15 is 0 Å². The van der Waals surface area contributed by atoms with Gasteiger partial charge in [-0.3, -0.25) is 4.79 Å². The molecular weight excluding hydrogens is 190 g/mol. The second-order valence-corrected chi connectivity index (χ2v) is 3.85. The maximum atomic E-state index is 11.3. The minimum absolute atomic E-state index is 0. The molecule has 0 unspecified atom stereocenters. The Morgan fingerprint density at radius 3 is 2.69 bits per heavy atom. The first-order chi connectivity index (χ1) is 5.58. The lowest BCUT2D eigenvalue weighted by Gasteiger charge is -2.33. The van der Waals surface area contributed by atoms with Gasteiger partial charge in [0.25, 0.3) is 0 Å². The standard InChI is InChI=1S/C9H17NO2.ClH/c1-7-4-3-5-9(10,6-7)8(11)12-2;/h7H,3-6,10H2,1-2H3;1H/t7-,9-;/m0./s1. The van der Waals surface area contributed by atoms with Crippen molar-refractivity contribution >= 4 is 18.4 Å². The summed E-state index contributed by atoms with van der Waals surface area (Å²) in [6.07, 6.45) is 3.74. The summed E-state index contributed by atoms with van der Waals surface area (Å²) < 4.78 is 4.68. The van der Waals surface area contributed by atoms with Crippen molar-refractivity contribution in [1.82, 2.24) is 0 Å². The van der Waals surface area contributed by atoms with Gasteiger partial charge in [-0.1, -0.05) is 19.8 Å². The molecule has 0 saturated heterocycles. The van der Waals surface area contributed by atoms with Crippen LogP contribution >= 0.6 is 12.4 Å². The van der Waals surface area contributed by atoms with Crippen molar-refractivity contribution in [3.05, 3.63) is 0 Å². The highest BCUT2D eigenvalue weighted by atomic mass is 35.5. The summed E-state index contributed by atoms with van der Waals surface area (Å²) in [5.41, 5.74) is 5.23. The van der Waals surface area contributed by atoms with Crippen LogP contribution in [0, 0.1) is 5.92 Å². The third-order valence-electron chi connectivity index (χ3n) is 2.62. The molecule has 1 fully saturated rings. The molecule has 13 heavy (non-hydrogen) atoms. The third-order valence-corrected chi connectivity index (χ3v) is 2.62. The number of esters is 1. The van der Waals surface area contributed by atoms with Gasteiger partial charge >= 0.3 is 5.97 Å². The molecule has 1 saturated carbocycles. The molecule has 0 radical (unpaired) electrons. The first-order valence-electron chi connectivity index (χ1n) is 4.46. The molecule has 3 nitrogen and oxygen atoms in total. The van der Waals surface area contributed by atoms with Gasteiger partial charge in [0.2, 0.25) is 0 Å². The number of hydrogen-bond donors (Lipinski definition) is 1. The van der Waals surface area contributed by atoms with Crippen molar-refractivity contribution in [3.63, 3.8) is 0 Å². The SMILES string of the molecule is COC(=O)[C@]1(N)CCC[C@H](C)C1.Cl. The third kappa shape index (κ3) is 2.85. The predicted octanol–water partition coefficient (Wildman–Crippen LogP) is 1.49. The summed E-state index contributed by atoms with van der Waals surface area (Å²) >= 11 is 0. The largest absolute Gasteiger partial charge is 0.468 e. The van der Waals surface area contributed by atoms with E-state index in [0.717, 1.165) is 19.3 Å². The van der Waals surface area contributed by atoms with E-state index in [2.05, 4.69) is 11.7 Å². The highest BCUT2D eigenvalue weighted by Gasteiger charge is 2.38. The molecule has 4 heteroatoms. The number of halogens is 1. The lowest BCUT2D eigenvalue weighted by molar-refractivity contribution is -0.149. The van der Waals surface area contributed by atoms with Crippen LogP contribution in [0.3, 0.4) is 0 Å². The van der Waals surface area contributed by atoms with Crippen LogP contribution in [0.5, 0.6) is 0 Å². The van der Waals surface area contributed by atoms with Crippen LogP contribution in [0.15, 0.2) is 0 Å². The van der Waals surface area contributed by atoms with Gasteiger partial charge in [0.05, 0.1) is 7.11 Å². The zero-order valence-electron chi connectivity index (χ0n) is 8.21. The molecule has 0 aromatic carbocycles. The normalized spacial score (nSPS) is 33.3. The number of ether oxygens (including phenoxy) is 1. The Bertz CT molecular complexity index is 186. The monoisotopic (exact) mass is 207 g/mol. The molecule has 2 N–H and O–H groups in total. The van der Waals surface area contributed by atoms with Gasteiger partial charge in [-0.15, -0.1) is 12.4 Å². The zero-order chi connectivity index (χ0) is 9.19.